The summed E-state index contributed by atoms with van der Waals surface area (Å²) in [6.45, 7) is 2.03. The zero-order valence-electron chi connectivity index (χ0n) is 15.5. The fraction of sp³-hybridized carbons (Fsp3) is 0.381. The third kappa shape index (κ3) is 4.85. The predicted octanol–water partition coefficient (Wildman–Crippen LogP) is 4.57. The molecule has 3 nitrogen and oxygen atoms in total. The molecule has 0 aliphatic carbocycles. The van der Waals surface area contributed by atoms with Crippen LogP contribution in [-0.2, 0) is 6.42 Å². The van der Waals surface area contributed by atoms with E-state index in [1.807, 2.05) is 13.1 Å². The predicted molar refractivity (Wildman–Crippen MR) is 105 cm³/mol. The molecule has 0 spiro atoms. The lowest BCUT2D eigenvalue weighted by molar-refractivity contribution is 0.0993. The van der Waals surface area contributed by atoms with Crippen LogP contribution in [0.3, 0.4) is 0 Å². The molecule has 0 amide bonds. The number of benzene rings is 2. The number of ketones is 1. The number of hydrogen-bond acceptors (Lipinski definition) is 3. The fourth-order valence-corrected chi connectivity index (χ4v) is 3.80. The SMILES string of the molecule is CN1CCC(N(C)c2cc(F)cc(CC(=O)c3ccc(F)cc3Cl)c2)CC1. The summed E-state index contributed by atoms with van der Waals surface area (Å²) >= 11 is 5.97. The van der Waals surface area contributed by atoms with Gasteiger partial charge in [0.05, 0.1) is 5.02 Å². The van der Waals surface area contributed by atoms with Gasteiger partial charge < -0.3 is 9.80 Å². The molecule has 0 N–H and O–H groups in total. The van der Waals surface area contributed by atoms with Crippen molar-refractivity contribution in [2.45, 2.75) is 25.3 Å². The number of likely N-dealkylation sites (tertiary alicyclic amines) is 1. The maximum Gasteiger partial charge on any atom is 0.168 e. The van der Waals surface area contributed by atoms with Gasteiger partial charge in [0.1, 0.15) is 11.6 Å². The molecular formula is C21H23ClF2N2O. The number of rotatable bonds is 5. The highest BCUT2D eigenvalue weighted by atomic mass is 35.5. The molecule has 0 aromatic heterocycles. The normalized spacial score (nSPS) is 15.7. The standard InChI is InChI=1S/C21H23ClF2N2O/c1-25-7-5-17(6-8-25)26(2)18-10-14(9-16(24)12-18)11-21(27)19-4-3-15(23)13-20(19)22/h3-4,9-10,12-13,17H,5-8,11H2,1-2H3. The smallest absolute Gasteiger partial charge is 0.168 e. The van der Waals surface area contributed by atoms with E-state index in [2.05, 4.69) is 16.8 Å². The molecule has 2 aromatic carbocycles. The average Bonchev–Trinajstić information content (AvgIpc) is 2.61. The Labute approximate surface area is 163 Å². The van der Waals surface area contributed by atoms with Gasteiger partial charge in [0.25, 0.3) is 0 Å². The van der Waals surface area contributed by atoms with Crippen LogP contribution in [0.5, 0.6) is 0 Å². The second-order valence-corrected chi connectivity index (χ2v) is 7.59. The van der Waals surface area contributed by atoms with Gasteiger partial charge in [0.2, 0.25) is 0 Å². The highest BCUT2D eigenvalue weighted by molar-refractivity contribution is 6.34. The molecule has 1 saturated heterocycles. The molecule has 1 heterocycles. The van der Waals surface area contributed by atoms with E-state index in [1.54, 1.807) is 0 Å². The maximum absolute atomic E-state index is 14.2. The minimum atomic E-state index is -0.496. The Bertz CT molecular complexity index is 835. The van der Waals surface area contributed by atoms with Crippen molar-refractivity contribution in [3.8, 4) is 0 Å². The number of anilines is 1. The Morgan fingerprint density at radius 1 is 1.15 bits per heavy atom. The van der Waals surface area contributed by atoms with Crippen LogP contribution >= 0.6 is 11.6 Å². The van der Waals surface area contributed by atoms with Crippen LogP contribution in [0.25, 0.3) is 0 Å². The minimum Gasteiger partial charge on any atom is -0.371 e. The first-order chi connectivity index (χ1) is 12.8. The van der Waals surface area contributed by atoms with E-state index in [0.29, 0.717) is 11.6 Å². The maximum atomic E-state index is 14.2. The Morgan fingerprint density at radius 2 is 1.85 bits per heavy atom. The van der Waals surface area contributed by atoms with Gasteiger partial charge in [-0.15, -0.1) is 0 Å². The number of piperidine rings is 1. The molecule has 1 aliphatic heterocycles. The van der Waals surface area contributed by atoms with E-state index in [4.69, 9.17) is 11.6 Å². The number of carbonyl (C=O) groups is 1. The molecule has 0 saturated carbocycles. The van der Waals surface area contributed by atoms with Crippen LogP contribution in [0.15, 0.2) is 36.4 Å². The topological polar surface area (TPSA) is 23.6 Å². The van der Waals surface area contributed by atoms with Crippen molar-refractivity contribution in [1.82, 2.24) is 4.90 Å². The lowest BCUT2D eigenvalue weighted by Crippen LogP contribution is -2.42. The van der Waals surface area contributed by atoms with Crippen molar-refractivity contribution >= 4 is 23.1 Å². The van der Waals surface area contributed by atoms with Crippen LogP contribution in [0, 0.1) is 11.6 Å². The summed E-state index contributed by atoms with van der Waals surface area (Å²) in [5, 5.41) is 0.0695. The number of hydrogen-bond donors (Lipinski definition) is 0. The van der Waals surface area contributed by atoms with Crippen LogP contribution in [-0.4, -0.2) is 43.9 Å². The largest absolute Gasteiger partial charge is 0.371 e. The molecule has 27 heavy (non-hydrogen) atoms. The van der Waals surface area contributed by atoms with Gasteiger partial charge in [-0.05, 0) is 74.9 Å². The van der Waals surface area contributed by atoms with Gasteiger partial charge in [-0.2, -0.15) is 0 Å². The summed E-state index contributed by atoms with van der Waals surface area (Å²) in [7, 11) is 4.07. The van der Waals surface area contributed by atoms with Crippen molar-refractivity contribution in [2.75, 3.05) is 32.1 Å². The molecule has 0 atom stereocenters. The third-order valence-electron chi connectivity index (χ3n) is 5.18. The van der Waals surface area contributed by atoms with Crippen molar-refractivity contribution in [2.24, 2.45) is 0 Å². The average molecular weight is 393 g/mol. The van der Waals surface area contributed by atoms with Crippen LogP contribution in [0.4, 0.5) is 14.5 Å². The highest BCUT2D eigenvalue weighted by Gasteiger charge is 2.22. The van der Waals surface area contributed by atoms with E-state index in [-0.39, 0.29) is 28.6 Å². The van der Waals surface area contributed by atoms with Crippen molar-refractivity contribution in [3.63, 3.8) is 0 Å². The molecule has 1 aliphatic rings. The van der Waals surface area contributed by atoms with Crippen molar-refractivity contribution in [1.29, 1.82) is 0 Å². The van der Waals surface area contributed by atoms with Crippen molar-refractivity contribution in [3.05, 3.63) is 64.2 Å². The minimum absolute atomic E-state index is 0.0113. The van der Waals surface area contributed by atoms with E-state index in [9.17, 15) is 13.6 Å². The molecule has 6 heteroatoms. The van der Waals surface area contributed by atoms with E-state index in [0.717, 1.165) is 37.7 Å². The number of nitrogens with zero attached hydrogens (tertiary/aromatic N) is 2. The van der Waals surface area contributed by atoms with Gasteiger partial charge in [-0.1, -0.05) is 11.6 Å². The summed E-state index contributed by atoms with van der Waals surface area (Å²) in [5.74, 6) is -1.14. The second kappa shape index (κ2) is 8.36. The molecular weight excluding hydrogens is 370 g/mol. The van der Waals surface area contributed by atoms with Gasteiger partial charge in [-0.25, -0.2) is 8.78 Å². The zero-order chi connectivity index (χ0) is 19.6. The molecule has 2 aromatic rings. The highest BCUT2D eigenvalue weighted by Crippen LogP contribution is 2.25. The number of halogens is 3. The monoisotopic (exact) mass is 392 g/mol. The fourth-order valence-electron chi connectivity index (χ4n) is 3.53. The Hall–Kier alpha value is -1.98. The number of carbonyl (C=O) groups excluding carboxylic acids is 1. The quantitative estimate of drug-likeness (QED) is 0.696. The van der Waals surface area contributed by atoms with Crippen LogP contribution in [0.1, 0.15) is 28.8 Å². The lowest BCUT2D eigenvalue weighted by atomic mass is 10.0. The number of Topliss-reactive ketones (excluding diaryl/α,β-unsaturated/α-hetero) is 1. The van der Waals surface area contributed by atoms with Gasteiger partial charge >= 0.3 is 0 Å². The second-order valence-electron chi connectivity index (χ2n) is 7.19. The first-order valence-electron chi connectivity index (χ1n) is 9.02. The molecule has 3 rings (SSSR count). The first-order valence-corrected chi connectivity index (χ1v) is 9.40. The molecule has 0 bridgehead atoms. The van der Waals surface area contributed by atoms with Gasteiger partial charge in [0.15, 0.2) is 5.78 Å². The van der Waals surface area contributed by atoms with E-state index < -0.39 is 5.82 Å². The Morgan fingerprint density at radius 3 is 2.52 bits per heavy atom. The van der Waals surface area contributed by atoms with Gasteiger partial charge in [0, 0.05) is 30.8 Å². The zero-order valence-corrected chi connectivity index (χ0v) is 16.3. The van der Waals surface area contributed by atoms with E-state index >= 15 is 0 Å². The molecule has 144 valence electrons. The molecule has 0 unspecified atom stereocenters. The Balaban J connectivity index is 1.77. The summed E-state index contributed by atoms with van der Waals surface area (Å²) in [6, 6.07) is 8.72. The van der Waals surface area contributed by atoms with E-state index in [1.165, 1.54) is 24.3 Å². The summed E-state index contributed by atoms with van der Waals surface area (Å²) in [4.78, 5) is 16.9. The molecule has 1 fully saturated rings. The summed E-state index contributed by atoms with van der Waals surface area (Å²) in [6.07, 6.45) is 2.04. The first kappa shape index (κ1) is 19.8. The molecule has 0 radical (unpaired) electrons. The summed E-state index contributed by atoms with van der Waals surface area (Å²) < 4.78 is 27.4. The van der Waals surface area contributed by atoms with Gasteiger partial charge in [-0.3, -0.25) is 4.79 Å². The van der Waals surface area contributed by atoms with Crippen LogP contribution < -0.4 is 4.90 Å². The Kier molecular flexibility index (Phi) is 6.12. The van der Waals surface area contributed by atoms with Crippen molar-refractivity contribution < 1.29 is 13.6 Å². The lowest BCUT2D eigenvalue weighted by Gasteiger charge is -2.36. The van der Waals surface area contributed by atoms with Crippen LogP contribution in [0.2, 0.25) is 5.02 Å². The summed E-state index contributed by atoms with van der Waals surface area (Å²) in [5.41, 5.74) is 1.58. The third-order valence-corrected chi connectivity index (χ3v) is 5.49.